The number of rotatable bonds is 26. The van der Waals surface area contributed by atoms with E-state index in [1.165, 1.54) is 0 Å². The molecule has 3 atom stereocenters. The first kappa shape index (κ1) is 59.3. The van der Waals surface area contributed by atoms with E-state index in [-0.39, 0.29) is 115 Å². The fraction of sp³-hybridized carbons (Fsp3) is 0.551. The van der Waals surface area contributed by atoms with Crippen molar-refractivity contribution in [3.05, 3.63) is 60.2 Å². The molecule has 5 amide bonds. The molecule has 1 aliphatic carbocycles. The van der Waals surface area contributed by atoms with Crippen LogP contribution in [0.25, 0.3) is 10.8 Å². The number of urea groups is 1. The lowest BCUT2D eigenvalue weighted by Crippen LogP contribution is -2.51. The maximum atomic E-state index is 13.8. The third-order valence-corrected chi connectivity index (χ3v) is 12.9. The molecule has 25 nitrogen and oxygen atoms in total. The van der Waals surface area contributed by atoms with Gasteiger partial charge in [-0.15, -0.1) is 0 Å². The molecule has 0 spiro atoms. The summed E-state index contributed by atoms with van der Waals surface area (Å²) in [5.41, 5.74) is 0.799. The summed E-state index contributed by atoms with van der Waals surface area (Å²) in [5, 5.41) is 71.1. The van der Waals surface area contributed by atoms with E-state index >= 15 is 0 Å². The second kappa shape index (κ2) is 30.7. The molecule has 406 valence electrons. The number of amides is 5. The van der Waals surface area contributed by atoms with Crippen LogP contribution in [0.15, 0.2) is 54.6 Å². The first-order valence-corrected chi connectivity index (χ1v) is 24.6. The predicted octanol–water partition coefficient (Wildman–Crippen LogP) is -0.602. The van der Waals surface area contributed by atoms with Crippen LogP contribution in [0, 0.1) is 11.8 Å². The van der Waals surface area contributed by atoms with Crippen LogP contribution in [-0.2, 0) is 49.6 Å². The van der Waals surface area contributed by atoms with E-state index < -0.39 is 71.8 Å². The molecule has 2 aliphatic rings. The lowest BCUT2D eigenvalue weighted by atomic mass is 9.81. The average molecular weight is 1040 g/mol. The van der Waals surface area contributed by atoms with E-state index in [2.05, 4.69) is 21.3 Å². The van der Waals surface area contributed by atoms with E-state index in [9.17, 15) is 73.5 Å². The van der Waals surface area contributed by atoms with Crippen LogP contribution in [0.5, 0.6) is 0 Å². The number of carbonyl (C=O) groups excluding carboxylic acids is 4. The quantitative estimate of drug-likeness (QED) is 0.0414. The zero-order valence-corrected chi connectivity index (χ0v) is 41.2. The molecule has 2 fully saturated rings. The zero-order valence-electron chi connectivity index (χ0n) is 41.2. The molecule has 11 N–H and O–H groups in total. The summed E-state index contributed by atoms with van der Waals surface area (Å²) in [7, 11) is 0. The molecule has 74 heavy (non-hydrogen) atoms. The summed E-state index contributed by atoms with van der Waals surface area (Å²) >= 11 is 0. The number of carbonyl (C=O) groups is 10. The van der Waals surface area contributed by atoms with Crippen molar-refractivity contribution < 1.29 is 78.6 Å². The Morgan fingerprint density at radius 3 is 1.64 bits per heavy atom. The van der Waals surface area contributed by atoms with Crippen LogP contribution in [0.2, 0.25) is 0 Å². The predicted molar refractivity (Wildman–Crippen MR) is 265 cm³/mol. The van der Waals surface area contributed by atoms with E-state index in [1.807, 2.05) is 52.7 Å². The van der Waals surface area contributed by atoms with Gasteiger partial charge in [0.1, 0.15) is 18.1 Å². The van der Waals surface area contributed by atoms with Crippen molar-refractivity contribution >= 4 is 70.3 Å². The molecule has 1 heterocycles. The number of nitrogens with zero attached hydrogens (tertiary/aromatic N) is 4. The number of aliphatic carboxylic acids is 6. The number of carboxylic acids is 6. The molecule has 4 rings (SSSR count). The molecule has 0 bridgehead atoms. The van der Waals surface area contributed by atoms with Gasteiger partial charge in [0.05, 0.1) is 26.2 Å². The Kier molecular flexibility index (Phi) is 24.6. The maximum Gasteiger partial charge on any atom is 0.330 e. The summed E-state index contributed by atoms with van der Waals surface area (Å²) in [6, 6.07) is 8.16. The Hall–Kier alpha value is -7.22. The highest BCUT2D eigenvalue weighted by atomic mass is 16.4. The van der Waals surface area contributed by atoms with Crippen LogP contribution in [0.4, 0.5) is 4.79 Å². The Bertz CT molecular complexity index is 2280. The number of carboxylic acid groups (broad SMARTS) is 6. The third kappa shape index (κ3) is 22.3. The monoisotopic (exact) mass is 1040 g/mol. The third-order valence-electron chi connectivity index (χ3n) is 12.9. The van der Waals surface area contributed by atoms with Crippen molar-refractivity contribution in [3.8, 4) is 0 Å². The molecule has 2 aromatic rings. The fourth-order valence-corrected chi connectivity index (χ4v) is 8.81. The van der Waals surface area contributed by atoms with Gasteiger partial charge in [-0.1, -0.05) is 42.5 Å². The first-order valence-electron chi connectivity index (χ1n) is 24.6. The summed E-state index contributed by atoms with van der Waals surface area (Å²) in [5.74, 6) is -8.97. The van der Waals surface area contributed by atoms with Crippen molar-refractivity contribution in [2.75, 3.05) is 91.6 Å². The summed E-state index contributed by atoms with van der Waals surface area (Å²) in [4.78, 5) is 129. The normalized spacial score (nSPS) is 18.9. The minimum atomic E-state index is -1.73. The van der Waals surface area contributed by atoms with Crippen molar-refractivity contribution in [1.29, 1.82) is 0 Å². The van der Waals surface area contributed by atoms with Gasteiger partial charge in [0, 0.05) is 83.9 Å². The largest absolute Gasteiger partial charge is 0.480 e. The number of unbranched alkanes of at least 4 members (excludes halogenated alkanes) is 1. The molecular weight excluding hydrogens is 971 g/mol. The number of benzene rings is 2. The number of hydrogen-bond donors (Lipinski definition) is 11. The highest BCUT2D eigenvalue weighted by molar-refractivity contribution is 5.90. The van der Waals surface area contributed by atoms with E-state index in [0.717, 1.165) is 16.3 Å². The van der Waals surface area contributed by atoms with E-state index in [4.69, 9.17) is 5.11 Å². The molecule has 0 radical (unpaired) electrons. The molecule has 2 aromatic carbocycles. The molecular formula is C49H69N9O16. The average Bonchev–Trinajstić information content (AvgIpc) is 3.34. The fourth-order valence-electron chi connectivity index (χ4n) is 8.81. The van der Waals surface area contributed by atoms with Crippen LogP contribution >= 0.6 is 0 Å². The van der Waals surface area contributed by atoms with Crippen LogP contribution in [0.1, 0.15) is 50.5 Å². The highest BCUT2D eigenvalue weighted by Gasteiger charge is 2.31. The van der Waals surface area contributed by atoms with Crippen molar-refractivity contribution in [1.82, 2.24) is 46.2 Å². The molecule has 25 heteroatoms. The number of nitrogens with one attached hydrogen (secondary N) is 5. The molecule has 1 saturated carbocycles. The second-order valence-electron chi connectivity index (χ2n) is 18.6. The number of fused-ring (bicyclic) bond motifs is 1. The van der Waals surface area contributed by atoms with Gasteiger partial charge in [-0.3, -0.25) is 48.4 Å². The summed E-state index contributed by atoms with van der Waals surface area (Å²) in [6.45, 7) is 1.70. The standard InChI is InChI=1S/C49H69N9O16/c59-40(28-55-17-19-56(29-42(62)63)21-23-58(31-44(66)67)24-22-57(20-18-55)30-43(64)65)51-27-32-8-12-35(13-9-32)45(68)52-39(26-33-10-11-34-5-1-2-6-36(34)25-33)46(69)50-16-4-3-7-37(47(70)71)53-49(74)54-38(48(72)73)14-15-41(60)61/h1-2,5-6,10-11,14-15,25,32,35,37-39H,3-4,7-9,12-13,16-24,26-31H2,(H,50,69)(H,51,59)(H,52,68)(H,60,61)(H,62,63)(H,64,65)(H,66,67)(H,70,71)(H,72,73)(H2,53,54,74)/b15-14+/t32-,35-,37-,38-,39-/m0/s1. The lowest BCUT2D eigenvalue weighted by Gasteiger charge is -2.33. The van der Waals surface area contributed by atoms with E-state index in [1.54, 1.807) is 14.7 Å². The Morgan fingerprint density at radius 2 is 1.12 bits per heavy atom. The van der Waals surface area contributed by atoms with Crippen molar-refractivity contribution in [3.63, 3.8) is 0 Å². The minimum absolute atomic E-state index is 0.0301. The molecule has 1 saturated heterocycles. The van der Waals surface area contributed by atoms with Gasteiger partial charge in [-0.2, -0.15) is 0 Å². The molecule has 0 unspecified atom stereocenters. The van der Waals surface area contributed by atoms with Gasteiger partial charge in [0.25, 0.3) is 0 Å². The smallest absolute Gasteiger partial charge is 0.330 e. The first-order chi connectivity index (χ1) is 35.2. The SMILES string of the molecule is O=C(O)/C=C/[C@H](NC(=O)N[C@@H](CCCCNC(=O)[C@H](Cc1ccc2ccccc2c1)NC(=O)[C@H]1CC[C@H](CNC(=O)CN2CCN(CC(=O)O)CCN(CC(=O)O)CCN(CC(=O)O)CC2)CC1)C(=O)O)C(=O)O. The van der Waals surface area contributed by atoms with Crippen LogP contribution in [0.3, 0.4) is 0 Å². The van der Waals surface area contributed by atoms with Gasteiger partial charge in [0.2, 0.25) is 17.7 Å². The topological polar surface area (TPSA) is 365 Å². The van der Waals surface area contributed by atoms with Gasteiger partial charge in [-0.05, 0) is 73.3 Å². The van der Waals surface area contributed by atoms with Gasteiger partial charge < -0.3 is 57.2 Å². The van der Waals surface area contributed by atoms with Gasteiger partial charge in [0.15, 0.2) is 0 Å². The second-order valence-corrected chi connectivity index (χ2v) is 18.6. The van der Waals surface area contributed by atoms with Crippen LogP contribution in [-0.4, -0.2) is 220 Å². The minimum Gasteiger partial charge on any atom is -0.480 e. The molecule has 0 aromatic heterocycles. The summed E-state index contributed by atoms with van der Waals surface area (Å²) in [6.07, 6.45) is 4.04. The van der Waals surface area contributed by atoms with E-state index in [0.29, 0.717) is 57.5 Å². The Labute approximate surface area is 427 Å². The van der Waals surface area contributed by atoms with Gasteiger partial charge >= 0.3 is 41.8 Å². The van der Waals surface area contributed by atoms with Crippen molar-refractivity contribution in [2.24, 2.45) is 11.8 Å². The Balaban J connectivity index is 1.30. The van der Waals surface area contributed by atoms with Crippen molar-refractivity contribution in [2.45, 2.75) is 69.5 Å². The summed E-state index contributed by atoms with van der Waals surface area (Å²) < 4.78 is 0. The Morgan fingerprint density at radius 1 is 0.581 bits per heavy atom. The zero-order chi connectivity index (χ0) is 54.2. The molecule has 1 aliphatic heterocycles. The lowest BCUT2D eigenvalue weighted by molar-refractivity contribution is -0.140. The number of hydrogen-bond acceptors (Lipinski definition) is 14. The van der Waals surface area contributed by atoms with Gasteiger partial charge in [-0.25, -0.2) is 19.2 Å². The van der Waals surface area contributed by atoms with Crippen LogP contribution < -0.4 is 26.6 Å². The maximum absolute atomic E-state index is 13.8. The highest BCUT2D eigenvalue weighted by Crippen LogP contribution is 2.29.